The zero-order valence-corrected chi connectivity index (χ0v) is 13.7. The monoisotopic (exact) mass is 281 g/mol. The van der Waals surface area contributed by atoms with Crippen molar-refractivity contribution < 1.29 is 4.74 Å². The molecule has 0 amide bonds. The Labute approximate surface area is 121 Å². The predicted octanol–water partition coefficient (Wildman–Crippen LogP) is 4.43. The van der Waals surface area contributed by atoms with E-state index < -0.39 is 0 Å². The number of hydrogen-bond donors (Lipinski definition) is 1. The first-order valence-electron chi connectivity index (χ1n) is 6.83. The molecule has 0 spiro atoms. The van der Waals surface area contributed by atoms with Gasteiger partial charge in [-0.2, -0.15) is 0 Å². The molecule has 0 aromatic carbocycles. The lowest BCUT2D eigenvalue weighted by Gasteiger charge is -2.19. The average Bonchev–Trinajstić information content (AvgIpc) is 2.62. The second-order valence-electron chi connectivity index (χ2n) is 6.16. The third-order valence-electron chi connectivity index (χ3n) is 2.80. The van der Waals surface area contributed by atoms with E-state index >= 15 is 0 Å². The molecule has 1 rings (SSSR count). The largest absolute Gasteiger partial charge is 0.376 e. The van der Waals surface area contributed by atoms with Gasteiger partial charge in [-0.15, -0.1) is 17.9 Å². The summed E-state index contributed by atoms with van der Waals surface area (Å²) in [5.74, 6) is 0. The zero-order chi connectivity index (χ0) is 14.5. The number of thiophene rings is 1. The first-order valence-corrected chi connectivity index (χ1v) is 7.65. The van der Waals surface area contributed by atoms with Gasteiger partial charge in [0.25, 0.3) is 0 Å². The standard InChI is InChI=1S/C16H27NOS/c1-12(2)7-8-18-11-14-9-15(19-13(14)3)10-17-16(4,5)6/h9,17H,1,7-8,10-11H2,2-6H3. The fourth-order valence-corrected chi connectivity index (χ4v) is 2.59. The minimum absolute atomic E-state index is 0.163. The van der Waals surface area contributed by atoms with Gasteiger partial charge in [0.1, 0.15) is 0 Å². The molecule has 0 bridgehead atoms. The van der Waals surface area contributed by atoms with Crippen LogP contribution in [0.5, 0.6) is 0 Å². The van der Waals surface area contributed by atoms with Gasteiger partial charge in [-0.05, 0) is 52.7 Å². The highest BCUT2D eigenvalue weighted by molar-refractivity contribution is 7.12. The predicted molar refractivity (Wildman–Crippen MR) is 84.7 cm³/mol. The Morgan fingerprint density at radius 3 is 2.68 bits per heavy atom. The van der Waals surface area contributed by atoms with Crippen LogP contribution >= 0.6 is 11.3 Å². The fourth-order valence-electron chi connectivity index (χ4n) is 1.60. The minimum Gasteiger partial charge on any atom is -0.376 e. The molecule has 0 saturated heterocycles. The molecule has 1 N–H and O–H groups in total. The third kappa shape index (κ3) is 6.90. The van der Waals surface area contributed by atoms with Crippen molar-refractivity contribution in [3.63, 3.8) is 0 Å². The summed E-state index contributed by atoms with van der Waals surface area (Å²) >= 11 is 1.86. The van der Waals surface area contributed by atoms with E-state index in [1.807, 2.05) is 18.3 Å². The van der Waals surface area contributed by atoms with E-state index in [0.717, 1.165) is 19.6 Å². The van der Waals surface area contributed by atoms with E-state index in [9.17, 15) is 0 Å². The van der Waals surface area contributed by atoms with Gasteiger partial charge >= 0.3 is 0 Å². The summed E-state index contributed by atoms with van der Waals surface area (Å²) in [7, 11) is 0. The molecule has 1 aromatic heterocycles. The van der Waals surface area contributed by atoms with Crippen molar-refractivity contribution in [3.8, 4) is 0 Å². The molecule has 0 atom stereocenters. The maximum atomic E-state index is 5.70. The summed E-state index contributed by atoms with van der Waals surface area (Å²) in [5, 5.41) is 3.52. The smallest absolute Gasteiger partial charge is 0.0727 e. The van der Waals surface area contributed by atoms with Crippen molar-refractivity contribution in [2.45, 2.75) is 59.7 Å². The van der Waals surface area contributed by atoms with Crippen LogP contribution in [-0.2, 0) is 17.9 Å². The van der Waals surface area contributed by atoms with E-state index in [1.165, 1.54) is 20.9 Å². The molecular formula is C16H27NOS. The van der Waals surface area contributed by atoms with Gasteiger partial charge in [0.05, 0.1) is 13.2 Å². The summed E-state index contributed by atoms with van der Waals surface area (Å²) < 4.78 is 5.70. The van der Waals surface area contributed by atoms with Crippen molar-refractivity contribution >= 4 is 11.3 Å². The van der Waals surface area contributed by atoms with E-state index in [-0.39, 0.29) is 5.54 Å². The van der Waals surface area contributed by atoms with Crippen LogP contribution in [0.4, 0.5) is 0 Å². The van der Waals surface area contributed by atoms with Gasteiger partial charge in [0, 0.05) is 21.8 Å². The van der Waals surface area contributed by atoms with Crippen LogP contribution in [0.2, 0.25) is 0 Å². The van der Waals surface area contributed by atoms with Crippen LogP contribution in [-0.4, -0.2) is 12.1 Å². The van der Waals surface area contributed by atoms with Crippen molar-refractivity contribution in [1.29, 1.82) is 0 Å². The van der Waals surface area contributed by atoms with Crippen LogP contribution in [0.3, 0.4) is 0 Å². The number of hydrogen-bond acceptors (Lipinski definition) is 3. The number of ether oxygens (including phenoxy) is 1. The molecule has 0 radical (unpaired) electrons. The number of nitrogens with one attached hydrogen (secondary N) is 1. The Hall–Kier alpha value is -0.640. The molecule has 3 heteroatoms. The summed E-state index contributed by atoms with van der Waals surface area (Å²) in [4.78, 5) is 2.74. The quantitative estimate of drug-likeness (QED) is 0.590. The normalized spacial score (nSPS) is 11.8. The Kier molecular flexibility index (Phi) is 6.24. The van der Waals surface area contributed by atoms with Crippen molar-refractivity contribution in [2.75, 3.05) is 6.61 Å². The van der Waals surface area contributed by atoms with Gasteiger partial charge in [0.2, 0.25) is 0 Å². The molecule has 108 valence electrons. The van der Waals surface area contributed by atoms with Gasteiger partial charge in [0.15, 0.2) is 0 Å². The first kappa shape index (κ1) is 16.4. The molecule has 0 aliphatic rings. The Morgan fingerprint density at radius 1 is 1.42 bits per heavy atom. The van der Waals surface area contributed by atoms with Gasteiger partial charge < -0.3 is 10.1 Å². The highest BCUT2D eigenvalue weighted by Gasteiger charge is 2.11. The van der Waals surface area contributed by atoms with E-state index in [1.54, 1.807) is 0 Å². The molecule has 0 saturated carbocycles. The summed E-state index contributed by atoms with van der Waals surface area (Å²) in [6.45, 7) is 17.1. The average molecular weight is 281 g/mol. The number of rotatable bonds is 7. The van der Waals surface area contributed by atoms with Crippen LogP contribution in [0.15, 0.2) is 18.2 Å². The molecule has 0 fully saturated rings. The van der Waals surface area contributed by atoms with Crippen LogP contribution in [0.1, 0.15) is 49.4 Å². The molecular weight excluding hydrogens is 254 g/mol. The van der Waals surface area contributed by atoms with Crippen LogP contribution < -0.4 is 5.32 Å². The van der Waals surface area contributed by atoms with E-state index in [0.29, 0.717) is 6.61 Å². The summed E-state index contributed by atoms with van der Waals surface area (Å²) in [6.07, 6.45) is 0.946. The molecule has 0 aliphatic carbocycles. The van der Waals surface area contributed by atoms with Crippen molar-refractivity contribution in [1.82, 2.24) is 5.32 Å². The summed E-state index contributed by atoms with van der Waals surface area (Å²) in [5.41, 5.74) is 2.66. The van der Waals surface area contributed by atoms with E-state index in [4.69, 9.17) is 4.74 Å². The lowest BCUT2D eigenvalue weighted by molar-refractivity contribution is 0.124. The maximum absolute atomic E-state index is 5.70. The second-order valence-corrected chi connectivity index (χ2v) is 7.50. The topological polar surface area (TPSA) is 21.3 Å². The SMILES string of the molecule is C=C(C)CCOCc1cc(CNC(C)(C)C)sc1C. The minimum atomic E-state index is 0.163. The van der Waals surface area contributed by atoms with Crippen LogP contribution in [0, 0.1) is 6.92 Å². The lowest BCUT2D eigenvalue weighted by atomic mass is 10.1. The molecule has 0 aliphatic heterocycles. The van der Waals surface area contributed by atoms with Crippen molar-refractivity contribution in [3.05, 3.63) is 33.5 Å². The molecule has 2 nitrogen and oxygen atoms in total. The molecule has 1 heterocycles. The van der Waals surface area contributed by atoms with E-state index in [2.05, 4.69) is 45.7 Å². The summed E-state index contributed by atoms with van der Waals surface area (Å²) in [6, 6.07) is 2.26. The second kappa shape index (κ2) is 7.22. The van der Waals surface area contributed by atoms with Crippen molar-refractivity contribution in [2.24, 2.45) is 0 Å². The molecule has 1 aromatic rings. The Balaban J connectivity index is 2.43. The van der Waals surface area contributed by atoms with Gasteiger partial charge in [-0.3, -0.25) is 0 Å². The molecule has 19 heavy (non-hydrogen) atoms. The lowest BCUT2D eigenvalue weighted by Crippen LogP contribution is -2.34. The highest BCUT2D eigenvalue weighted by atomic mass is 32.1. The Morgan fingerprint density at radius 2 is 2.11 bits per heavy atom. The van der Waals surface area contributed by atoms with Crippen LogP contribution in [0.25, 0.3) is 0 Å². The third-order valence-corrected chi connectivity index (χ3v) is 3.89. The highest BCUT2D eigenvalue weighted by Crippen LogP contribution is 2.23. The fraction of sp³-hybridized carbons (Fsp3) is 0.625. The van der Waals surface area contributed by atoms with Gasteiger partial charge in [-0.25, -0.2) is 0 Å². The number of aryl methyl sites for hydroxylation is 1. The maximum Gasteiger partial charge on any atom is 0.0727 e. The molecule has 0 unspecified atom stereocenters. The zero-order valence-electron chi connectivity index (χ0n) is 12.9. The first-order chi connectivity index (χ1) is 8.78. The Bertz CT molecular complexity index is 415. The van der Waals surface area contributed by atoms with Gasteiger partial charge in [-0.1, -0.05) is 5.57 Å².